The number of hydrogen-bond acceptors (Lipinski definition) is 5. The summed E-state index contributed by atoms with van der Waals surface area (Å²) in [5.41, 5.74) is 0. The van der Waals surface area contributed by atoms with Crippen molar-refractivity contribution in [2.24, 2.45) is 11.8 Å². The molecule has 1 saturated heterocycles. The maximum atomic E-state index is 11.3. The second-order valence-electron chi connectivity index (χ2n) is 5.18. The normalized spacial score (nSPS) is 23.4. The van der Waals surface area contributed by atoms with Crippen molar-refractivity contribution in [2.45, 2.75) is 33.1 Å². The lowest BCUT2D eigenvalue weighted by molar-refractivity contribution is 0.353. The summed E-state index contributed by atoms with van der Waals surface area (Å²) in [7, 11) is -2.82. The maximum absolute atomic E-state index is 11.3. The van der Waals surface area contributed by atoms with Crippen LogP contribution < -0.4 is 0 Å². The topological polar surface area (TPSA) is 73.1 Å². The molecular formula is C11H18N2O3S. The smallest absolute Gasteiger partial charge is 0.226 e. The van der Waals surface area contributed by atoms with E-state index in [2.05, 4.69) is 24.0 Å². The Kier molecular flexibility index (Phi) is 3.51. The van der Waals surface area contributed by atoms with Gasteiger partial charge < -0.3 is 4.52 Å². The molecule has 0 N–H and O–H groups in total. The summed E-state index contributed by atoms with van der Waals surface area (Å²) in [6.45, 7) is 4.19. The summed E-state index contributed by atoms with van der Waals surface area (Å²) in [6.07, 6.45) is 2.10. The molecule has 0 aliphatic carbocycles. The van der Waals surface area contributed by atoms with E-state index >= 15 is 0 Å². The van der Waals surface area contributed by atoms with E-state index in [1.165, 1.54) is 0 Å². The fraction of sp³-hybridized carbons (Fsp3) is 0.818. The molecule has 0 amide bonds. The monoisotopic (exact) mass is 258 g/mol. The van der Waals surface area contributed by atoms with Crippen LogP contribution in [0.4, 0.5) is 0 Å². The van der Waals surface area contributed by atoms with Gasteiger partial charge in [0.25, 0.3) is 0 Å². The molecule has 0 radical (unpaired) electrons. The zero-order chi connectivity index (χ0) is 12.5. The SMILES string of the molecule is CC(C)Cc1noc(C[C@@H]2CCS(=O)(=O)C2)n1. The van der Waals surface area contributed by atoms with Crippen LogP contribution in [0.1, 0.15) is 32.0 Å². The molecule has 0 bridgehead atoms. The first-order valence-electron chi connectivity index (χ1n) is 5.96. The molecule has 5 nitrogen and oxygen atoms in total. The predicted molar refractivity (Wildman–Crippen MR) is 63.3 cm³/mol. The third-order valence-electron chi connectivity index (χ3n) is 2.89. The van der Waals surface area contributed by atoms with Crippen LogP contribution in [0.3, 0.4) is 0 Å². The molecule has 0 spiro atoms. The Bertz CT molecular complexity index is 479. The molecule has 1 atom stereocenters. The van der Waals surface area contributed by atoms with Gasteiger partial charge >= 0.3 is 0 Å². The van der Waals surface area contributed by atoms with E-state index in [1.54, 1.807) is 0 Å². The van der Waals surface area contributed by atoms with E-state index in [-0.39, 0.29) is 11.7 Å². The van der Waals surface area contributed by atoms with Crippen LogP contribution in [0.25, 0.3) is 0 Å². The Morgan fingerprint density at radius 2 is 2.24 bits per heavy atom. The highest BCUT2D eigenvalue weighted by Crippen LogP contribution is 2.22. The molecule has 2 rings (SSSR count). The van der Waals surface area contributed by atoms with Crippen LogP contribution in [-0.4, -0.2) is 30.1 Å². The molecule has 0 saturated carbocycles. The molecule has 0 aromatic carbocycles. The van der Waals surface area contributed by atoms with Gasteiger partial charge in [-0.2, -0.15) is 4.98 Å². The molecule has 1 aromatic heterocycles. The average Bonchev–Trinajstić information content (AvgIpc) is 2.73. The Labute approximate surface area is 102 Å². The number of sulfone groups is 1. The number of hydrogen-bond donors (Lipinski definition) is 0. The molecular weight excluding hydrogens is 240 g/mol. The highest BCUT2D eigenvalue weighted by Gasteiger charge is 2.29. The highest BCUT2D eigenvalue weighted by atomic mass is 32.2. The third kappa shape index (κ3) is 3.52. The van der Waals surface area contributed by atoms with Gasteiger partial charge in [0.05, 0.1) is 11.5 Å². The summed E-state index contributed by atoms with van der Waals surface area (Å²) in [5, 5.41) is 3.90. The van der Waals surface area contributed by atoms with Crippen molar-refractivity contribution in [3.8, 4) is 0 Å². The van der Waals surface area contributed by atoms with E-state index in [0.717, 1.165) is 12.2 Å². The third-order valence-corrected chi connectivity index (χ3v) is 4.73. The van der Waals surface area contributed by atoms with Crippen molar-refractivity contribution in [3.63, 3.8) is 0 Å². The average molecular weight is 258 g/mol. The molecule has 1 aliphatic rings. The van der Waals surface area contributed by atoms with Crippen molar-refractivity contribution in [1.82, 2.24) is 10.1 Å². The highest BCUT2D eigenvalue weighted by molar-refractivity contribution is 7.91. The fourth-order valence-electron chi connectivity index (χ4n) is 2.10. The lowest BCUT2D eigenvalue weighted by Gasteiger charge is -2.01. The molecule has 1 aliphatic heterocycles. The minimum atomic E-state index is -2.82. The van der Waals surface area contributed by atoms with Gasteiger partial charge in [-0.25, -0.2) is 8.42 Å². The number of rotatable bonds is 4. The van der Waals surface area contributed by atoms with Crippen LogP contribution in [0, 0.1) is 11.8 Å². The predicted octanol–water partition coefficient (Wildman–Crippen LogP) is 1.25. The van der Waals surface area contributed by atoms with Crippen molar-refractivity contribution >= 4 is 9.84 Å². The first kappa shape index (κ1) is 12.5. The molecule has 6 heteroatoms. The van der Waals surface area contributed by atoms with Crippen LogP contribution in [0.2, 0.25) is 0 Å². The van der Waals surface area contributed by atoms with Gasteiger partial charge in [0.1, 0.15) is 0 Å². The quantitative estimate of drug-likeness (QED) is 0.812. The Balaban J connectivity index is 1.93. The second kappa shape index (κ2) is 4.76. The summed E-state index contributed by atoms with van der Waals surface area (Å²) in [4.78, 5) is 4.29. The van der Waals surface area contributed by atoms with Crippen LogP contribution in [-0.2, 0) is 22.7 Å². The number of aromatic nitrogens is 2. The second-order valence-corrected chi connectivity index (χ2v) is 7.40. The van der Waals surface area contributed by atoms with E-state index < -0.39 is 9.84 Å². The van der Waals surface area contributed by atoms with Crippen molar-refractivity contribution in [1.29, 1.82) is 0 Å². The van der Waals surface area contributed by atoms with Gasteiger partial charge in [-0.1, -0.05) is 19.0 Å². The Morgan fingerprint density at radius 3 is 2.82 bits per heavy atom. The van der Waals surface area contributed by atoms with Gasteiger partial charge in [0.15, 0.2) is 15.7 Å². The first-order valence-corrected chi connectivity index (χ1v) is 7.78. The minimum Gasteiger partial charge on any atom is -0.339 e. The zero-order valence-electron chi connectivity index (χ0n) is 10.2. The number of nitrogens with zero attached hydrogens (tertiary/aromatic N) is 2. The summed E-state index contributed by atoms with van der Waals surface area (Å²) < 4.78 is 27.8. The summed E-state index contributed by atoms with van der Waals surface area (Å²) >= 11 is 0. The molecule has 96 valence electrons. The van der Waals surface area contributed by atoms with Crippen molar-refractivity contribution in [3.05, 3.63) is 11.7 Å². The van der Waals surface area contributed by atoms with E-state index in [0.29, 0.717) is 30.4 Å². The lowest BCUT2D eigenvalue weighted by Crippen LogP contribution is -2.07. The Morgan fingerprint density at radius 1 is 1.47 bits per heavy atom. The molecule has 2 heterocycles. The van der Waals surface area contributed by atoms with Crippen LogP contribution >= 0.6 is 0 Å². The Hall–Kier alpha value is -0.910. The van der Waals surface area contributed by atoms with E-state index in [9.17, 15) is 8.42 Å². The summed E-state index contributed by atoms with van der Waals surface area (Å²) in [6, 6.07) is 0. The molecule has 1 fully saturated rings. The van der Waals surface area contributed by atoms with Crippen LogP contribution in [0.5, 0.6) is 0 Å². The zero-order valence-corrected chi connectivity index (χ0v) is 11.0. The maximum Gasteiger partial charge on any atom is 0.226 e. The fourth-order valence-corrected chi connectivity index (χ4v) is 3.96. The standard InChI is InChI=1S/C11H18N2O3S/c1-8(2)5-10-12-11(16-13-10)6-9-3-4-17(14,15)7-9/h8-9H,3-7H2,1-2H3/t9-/m0/s1. The van der Waals surface area contributed by atoms with Crippen molar-refractivity contribution in [2.75, 3.05) is 11.5 Å². The van der Waals surface area contributed by atoms with Crippen molar-refractivity contribution < 1.29 is 12.9 Å². The van der Waals surface area contributed by atoms with E-state index in [4.69, 9.17) is 4.52 Å². The molecule has 1 aromatic rings. The summed E-state index contributed by atoms with van der Waals surface area (Å²) in [5.74, 6) is 2.48. The van der Waals surface area contributed by atoms with Gasteiger partial charge in [0.2, 0.25) is 5.89 Å². The van der Waals surface area contributed by atoms with Gasteiger partial charge in [-0.3, -0.25) is 0 Å². The van der Waals surface area contributed by atoms with Crippen LogP contribution in [0.15, 0.2) is 4.52 Å². The lowest BCUT2D eigenvalue weighted by atomic mass is 10.1. The molecule has 0 unspecified atom stereocenters. The van der Waals surface area contributed by atoms with Gasteiger partial charge in [-0.15, -0.1) is 0 Å². The minimum absolute atomic E-state index is 0.146. The molecule has 17 heavy (non-hydrogen) atoms. The first-order chi connectivity index (χ1) is 7.94. The van der Waals surface area contributed by atoms with Gasteiger partial charge in [0, 0.05) is 12.8 Å². The van der Waals surface area contributed by atoms with E-state index in [1.807, 2.05) is 0 Å². The largest absolute Gasteiger partial charge is 0.339 e. The van der Waals surface area contributed by atoms with Gasteiger partial charge in [-0.05, 0) is 18.3 Å².